The number of hydrogen-bond acceptors (Lipinski definition) is 8. The molecule has 10 nitrogen and oxygen atoms in total. The first-order chi connectivity index (χ1) is 14.5. The van der Waals surface area contributed by atoms with Crippen LogP contribution in [0.2, 0.25) is 0 Å². The second-order valence-electron chi connectivity index (χ2n) is 6.09. The Balaban J connectivity index is 1.67. The van der Waals surface area contributed by atoms with Crippen LogP contribution in [0.25, 0.3) is 11.5 Å². The second kappa shape index (κ2) is 9.50. The average molecular weight is 412 g/mol. The van der Waals surface area contributed by atoms with E-state index in [1.54, 1.807) is 18.2 Å². The molecule has 30 heavy (non-hydrogen) atoms. The van der Waals surface area contributed by atoms with Crippen LogP contribution in [0.4, 0.5) is 11.7 Å². The molecule has 156 valence electrons. The van der Waals surface area contributed by atoms with E-state index in [9.17, 15) is 14.9 Å². The summed E-state index contributed by atoms with van der Waals surface area (Å²) in [6.07, 6.45) is 0.00719. The highest BCUT2D eigenvalue weighted by Crippen LogP contribution is 2.32. The van der Waals surface area contributed by atoms with Crippen LogP contribution in [-0.4, -0.2) is 34.2 Å². The summed E-state index contributed by atoms with van der Waals surface area (Å²) in [6.45, 7) is 4.73. The van der Waals surface area contributed by atoms with E-state index >= 15 is 0 Å². The molecule has 0 fully saturated rings. The van der Waals surface area contributed by atoms with Crippen molar-refractivity contribution in [3.8, 4) is 23.0 Å². The molecule has 3 rings (SSSR count). The third-order valence-electron chi connectivity index (χ3n) is 3.97. The zero-order valence-electron chi connectivity index (χ0n) is 16.5. The van der Waals surface area contributed by atoms with Crippen LogP contribution >= 0.6 is 0 Å². The normalized spacial score (nSPS) is 10.5. The number of rotatable bonds is 9. The number of ether oxygens (including phenoxy) is 2. The number of benzene rings is 2. The number of aromatic nitrogens is 2. The molecule has 1 amide bonds. The highest BCUT2D eigenvalue weighted by atomic mass is 16.6. The first kappa shape index (κ1) is 20.8. The van der Waals surface area contributed by atoms with E-state index in [0.29, 0.717) is 35.8 Å². The Kier molecular flexibility index (Phi) is 6.58. The summed E-state index contributed by atoms with van der Waals surface area (Å²) in [6, 6.07) is 10.9. The van der Waals surface area contributed by atoms with E-state index < -0.39 is 4.92 Å². The van der Waals surface area contributed by atoms with Gasteiger partial charge in [0, 0.05) is 17.7 Å². The first-order valence-corrected chi connectivity index (χ1v) is 9.26. The molecular formula is C20H20N4O6. The van der Waals surface area contributed by atoms with Gasteiger partial charge in [0.2, 0.25) is 11.8 Å². The zero-order chi connectivity index (χ0) is 21.5. The minimum absolute atomic E-state index is 0.00719. The molecule has 0 aliphatic heterocycles. The molecule has 2 aromatic carbocycles. The third-order valence-corrected chi connectivity index (χ3v) is 3.97. The molecular weight excluding hydrogens is 392 g/mol. The van der Waals surface area contributed by atoms with Crippen LogP contribution in [-0.2, 0) is 11.2 Å². The van der Waals surface area contributed by atoms with E-state index in [1.165, 1.54) is 24.3 Å². The van der Waals surface area contributed by atoms with Gasteiger partial charge in [-0.05, 0) is 37.6 Å². The summed E-state index contributed by atoms with van der Waals surface area (Å²) < 4.78 is 16.6. The van der Waals surface area contributed by atoms with E-state index in [1.807, 2.05) is 13.8 Å². The van der Waals surface area contributed by atoms with Crippen molar-refractivity contribution in [2.45, 2.75) is 20.3 Å². The number of anilines is 1. The lowest BCUT2D eigenvalue weighted by atomic mass is 10.1. The van der Waals surface area contributed by atoms with Crippen LogP contribution in [0.3, 0.4) is 0 Å². The fourth-order valence-electron chi connectivity index (χ4n) is 2.66. The van der Waals surface area contributed by atoms with E-state index in [-0.39, 0.29) is 29.9 Å². The van der Waals surface area contributed by atoms with Crippen LogP contribution < -0.4 is 14.8 Å². The monoisotopic (exact) mass is 412 g/mol. The van der Waals surface area contributed by atoms with Crippen LogP contribution in [0, 0.1) is 10.1 Å². The summed E-state index contributed by atoms with van der Waals surface area (Å²) in [4.78, 5) is 22.4. The van der Waals surface area contributed by atoms with Gasteiger partial charge >= 0.3 is 6.01 Å². The van der Waals surface area contributed by atoms with Gasteiger partial charge in [-0.2, -0.15) is 0 Å². The standard InChI is InChI=1S/C20H20N4O6/c1-3-28-16-10-7-14(12-17(16)29-4-2)19-22-23-20(30-19)21-18(25)11-13-5-8-15(9-6-13)24(26)27/h5-10,12H,3-4,11H2,1-2H3,(H,21,23,25). The maximum Gasteiger partial charge on any atom is 0.322 e. The molecule has 0 radical (unpaired) electrons. The molecule has 0 bridgehead atoms. The summed E-state index contributed by atoms with van der Waals surface area (Å²) >= 11 is 0. The van der Waals surface area contributed by atoms with Crippen LogP contribution in [0.1, 0.15) is 19.4 Å². The van der Waals surface area contributed by atoms with E-state index in [0.717, 1.165) is 0 Å². The Morgan fingerprint density at radius 2 is 1.77 bits per heavy atom. The topological polar surface area (TPSA) is 130 Å². The van der Waals surface area contributed by atoms with Crippen LogP contribution in [0.15, 0.2) is 46.9 Å². The van der Waals surface area contributed by atoms with Crippen molar-refractivity contribution in [2.24, 2.45) is 0 Å². The fourth-order valence-corrected chi connectivity index (χ4v) is 2.66. The quantitative estimate of drug-likeness (QED) is 0.417. The van der Waals surface area contributed by atoms with Crippen LogP contribution in [0.5, 0.6) is 11.5 Å². The number of nitro groups is 1. The molecule has 0 unspecified atom stereocenters. The molecule has 0 saturated carbocycles. The SMILES string of the molecule is CCOc1ccc(-c2nnc(NC(=O)Cc3ccc([N+](=O)[O-])cc3)o2)cc1OCC. The lowest BCUT2D eigenvalue weighted by molar-refractivity contribution is -0.384. The molecule has 0 aliphatic rings. The van der Waals surface area contributed by atoms with Gasteiger partial charge in [-0.1, -0.05) is 17.2 Å². The predicted octanol–water partition coefficient (Wildman–Crippen LogP) is 3.62. The van der Waals surface area contributed by atoms with Crippen molar-refractivity contribution in [3.05, 3.63) is 58.1 Å². The number of amides is 1. The van der Waals surface area contributed by atoms with Crippen molar-refractivity contribution in [1.29, 1.82) is 0 Å². The summed E-state index contributed by atoms with van der Waals surface area (Å²) in [5.41, 5.74) is 1.19. The molecule has 1 N–H and O–H groups in total. The van der Waals surface area contributed by atoms with E-state index in [4.69, 9.17) is 13.9 Å². The minimum Gasteiger partial charge on any atom is -0.490 e. The van der Waals surface area contributed by atoms with E-state index in [2.05, 4.69) is 15.5 Å². The number of non-ortho nitro benzene ring substituents is 1. The molecule has 0 saturated heterocycles. The lowest BCUT2D eigenvalue weighted by Gasteiger charge is -2.11. The summed E-state index contributed by atoms with van der Waals surface area (Å²) in [5.74, 6) is 0.989. The molecule has 1 heterocycles. The molecule has 0 spiro atoms. The molecule has 1 aromatic heterocycles. The summed E-state index contributed by atoms with van der Waals surface area (Å²) in [5, 5.41) is 21.0. The van der Waals surface area contributed by atoms with Gasteiger partial charge in [0.15, 0.2) is 11.5 Å². The predicted molar refractivity (Wildman–Crippen MR) is 108 cm³/mol. The largest absolute Gasteiger partial charge is 0.490 e. The Labute approximate surface area is 172 Å². The van der Waals surface area contributed by atoms with Crippen molar-refractivity contribution in [1.82, 2.24) is 10.2 Å². The minimum atomic E-state index is -0.498. The maximum absolute atomic E-state index is 12.2. The van der Waals surface area contributed by atoms with Crippen molar-refractivity contribution in [2.75, 3.05) is 18.5 Å². The number of nitrogens with zero attached hydrogens (tertiary/aromatic N) is 3. The van der Waals surface area contributed by atoms with Gasteiger partial charge in [0.1, 0.15) is 0 Å². The van der Waals surface area contributed by atoms with Gasteiger partial charge in [0.25, 0.3) is 5.69 Å². The van der Waals surface area contributed by atoms with Gasteiger partial charge in [-0.15, -0.1) is 5.10 Å². The van der Waals surface area contributed by atoms with Crippen molar-refractivity contribution in [3.63, 3.8) is 0 Å². The number of hydrogen-bond donors (Lipinski definition) is 1. The molecule has 0 aliphatic carbocycles. The average Bonchev–Trinajstić information content (AvgIpc) is 3.18. The Morgan fingerprint density at radius 1 is 1.07 bits per heavy atom. The van der Waals surface area contributed by atoms with Crippen molar-refractivity contribution < 1.29 is 23.6 Å². The highest BCUT2D eigenvalue weighted by molar-refractivity contribution is 5.90. The Bertz CT molecular complexity index is 1030. The molecule has 10 heteroatoms. The Hall–Kier alpha value is -3.95. The zero-order valence-corrected chi connectivity index (χ0v) is 16.5. The number of nitro benzene ring substituents is 1. The first-order valence-electron chi connectivity index (χ1n) is 9.26. The van der Waals surface area contributed by atoms with Gasteiger partial charge < -0.3 is 13.9 Å². The van der Waals surface area contributed by atoms with Gasteiger partial charge in [-0.3, -0.25) is 20.2 Å². The smallest absolute Gasteiger partial charge is 0.322 e. The third kappa shape index (κ3) is 5.10. The highest BCUT2D eigenvalue weighted by Gasteiger charge is 2.15. The van der Waals surface area contributed by atoms with Gasteiger partial charge in [-0.25, -0.2) is 0 Å². The fraction of sp³-hybridized carbons (Fsp3) is 0.250. The van der Waals surface area contributed by atoms with Crippen molar-refractivity contribution >= 4 is 17.6 Å². The molecule has 3 aromatic rings. The molecule has 0 atom stereocenters. The van der Waals surface area contributed by atoms with Gasteiger partial charge in [0.05, 0.1) is 24.6 Å². The maximum atomic E-state index is 12.2. The summed E-state index contributed by atoms with van der Waals surface area (Å²) in [7, 11) is 0. The number of nitrogens with one attached hydrogen (secondary N) is 1. The Morgan fingerprint density at radius 3 is 2.43 bits per heavy atom. The lowest BCUT2D eigenvalue weighted by Crippen LogP contribution is -2.14. The number of carbonyl (C=O) groups excluding carboxylic acids is 1. The number of carbonyl (C=O) groups is 1. The second-order valence-corrected chi connectivity index (χ2v) is 6.09.